The van der Waals surface area contributed by atoms with Crippen molar-refractivity contribution in [2.75, 3.05) is 4.90 Å². The van der Waals surface area contributed by atoms with Gasteiger partial charge in [-0.2, -0.15) is 5.01 Å². The molecule has 2 aliphatic heterocycles. The number of benzene rings is 2. The lowest BCUT2D eigenvalue weighted by molar-refractivity contribution is -0.384. The highest BCUT2D eigenvalue weighted by Crippen LogP contribution is 2.35. The molecule has 0 radical (unpaired) electrons. The molecule has 6 nitrogen and oxygen atoms in total. The number of nitro benzene ring substituents is 1. The smallest absolute Gasteiger partial charge is 0.269 e. The molecule has 122 valence electrons. The van der Waals surface area contributed by atoms with E-state index < -0.39 is 0 Å². The number of nitro groups is 1. The Hall–Kier alpha value is -2.51. The van der Waals surface area contributed by atoms with E-state index in [-0.39, 0.29) is 16.8 Å². The van der Waals surface area contributed by atoms with Gasteiger partial charge in [0.15, 0.2) is 5.11 Å². The molecule has 2 aromatic carbocycles. The first-order chi connectivity index (χ1) is 11.6. The second-order valence-electron chi connectivity index (χ2n) is 5.98. The van der Waals surface area contributed by atoms with E-state index in [2.05, 4.69) is 35.1 Å². The monoisotopic (exact) mass is 340 g/mol. The van der Waals surface area contributed by atoms with E-state index in [1.165, 1.54) is 23.3 Å². The van der Waals surface area contributed by atoms with Gasteiger partial charge in [0.05, 0.1) is 11.5 Å². The first-order valence-corrected chi connectivity index (χ1v) is 8.15. The molecule has 0 spiro atoms. The summed E-state index contributed by atoms with van der Waals surface area (Å²) >= 11 is 5.69. The van der Waals surface area contributed by atoms with E-state index in [4.69, 9.17) is 12.2 Å². The predicted molar refractivity (Wildman–Crippen MR) is 95.2 cm³/mol. The van der Waals surface area contributed by atoms with Gasteiger partial charge < -0.3 is 4.90 Å². The Morgan fingerprint density at radius 3 is 2.33 bits per heavy atom. The highest BCUT2D eigenvalue weighted by Gasteiger charge is 2.42. The van der Waals surface area contributed by atoms with E-state index in [1.54, 1.807) is 12.1 Å². The largest absolute Gasteiger partial charge is 0.300 e. The van der Waals surface area contributed by atoms with Crippen LogP contribution in [0, 0.1) is 10.1 Å². The van der Waals surface area contributed by atoms with Crippen LogP contribution < -0.4 is 4.90 Å². The second kappa shape index (κ2) is 5.54. The van der Waals surface area contributed by atoms with Crippen molar-refractivity contribution in [2.45, 2.75) is 26.2 Å². The Bertz CT molecular complexity index is 824. The van der Waals surface area contributed by atoms with Gasteiger partial charge in [-0.1, -0.05) is 24.3 Å². The van der Waals surface area contributed by atoms with Gasteiger partial charge in [-0.25, -0.2) is 0 Å². The van der Waals surface area contributed by atoms with Gasteiger partial charge in [-0.3, -0.25) is 15.1 Å². The van der Waals surface area contributed by atoms with Gasteiger partial charge in [0.25, 0.3) is 5.69 Å². The van der Waals surface area contributed by atoms with E-state index >= 15 is 0 Å². The van der Waals surface area contributed by atoms with Crippen molar-refractivity contribution in [3.8, 4) is 0 Å². The van der Waals surface area contributed by atoms with Crippen LogP contribution in [0.15, 0.2) is 48.5 Å². The van der Waals surface area contributed by atoms with Crippen LogP contribution in [-0.2, 0) is 13.1 Å². The van der Waals surface area contributed by atoms with Gasteiger partial charge in [-0.15, -0.1) is 0 Å². The minimum Gasteiger partial charge on any atom is -0.300 e. The summed E-state index contributed by atoms with van der Waals surface area (Å²) in [5.74, 6) is 0. The summed E-state index contributed by atoms with van der Waals surface area (Å²) in [7, 11) is 0. The number of thiocarbonyl (C=S) groups is 1. The zero-order valence-electron chi connectivity index (χ0n) is 13.1. The molecule has 2 heterocycles. The zero-order valence-corrected chi connectivity index (χ0v) is 13.9. The van der Waals surface area contributed by atoms with E-state index in [0.29, 0.717) is 0 Å². The number of hydrogen-bond donors (Lipinski definition) is 0. The Morgan fingerprint density at radius 1 is 1.08 bits per heavy atom. The highest BCUT2D eigenvalue weighted by atomic mass is 32.1. The standard InChI is InChI=1S/C17H16N4O2S/c1-12-18-10-13-4-2-3-5-14(13)11-19(18)17(24)20(12)15-6-8-16(9-7-15)21(22)23/h2-9,12H,10-11H2,1H3. The summed E-state index contributed by atoms with van der Waals surface area (Å²) in [6, 6.07) is 14.9. The number of hydrazine groups is 1. The lowest BCUT2D eigenvalue weighted by atomic mass is 10.1. The number of anilines is 1. The molecule has 0 aromatic heterocycles. The van der Waals surface area contributed by atoms with Crippen molar-refractivity contribution in [2.24, 2.45) is 0 Å². The summed E-state index contributed by atoms with van der Waals surface area (Å²) in [5.41, 5.74) is 3.56. The minimum atomic E-state index is -0.390. The van der Waals surface area contributed by atoms with Crippen LogP contribution in [0.1, 0.15) is 18.1 Å². The number of non-ortho nitro benzene ring substituents is 1. The summed E-state index contributed by atoms with van der Waals surface area (Å²) in [6.07, 6.45) is 0.0623. The van der Waals surface area contributed by atoms with Crippen LogP contribution in [0.5, 0.6) is 0 Å². The molecular formula is C17H16N4O2S. The normalized spacial score (nSPS) is 20.0. The molecule has 0 saturated carbocycles. The molecule has 2 aliphatic rings. The molecule has 1 unspecified atom stereocenters. The molecule has 1 atom stereocenters. The van der Waals surface area contributed by atoms with Gasteiger partial charge in [0, 0.05) is 24.4 Å². The van der Waals surface area contributed by atoms with Crippen LogP contribution in [0.2, 0.25) is 0 Å². The molecule has 1 saturated heterocycles. The Morgan fingerprint density at radius 2 is 1.71 bits per heavy atom. The van der Waals surface area contributed by atoms with Gasteiger partial charge in [0.1, 0.15) is 6.17 Å². The quantitative estimate of drug-likeness (QED) is 0.475. The number of fused-ring (bicyclic) bond motifs is 2. The molecule has 0 N–H and O–H groups in total. The molecule has 1 fully saturated rings. The van der Waals surface area contributed by atoms with Crippen molar-refractivity contribution >= 4 is 28.7 Å². The van der Waals surface area contributed by atoms with Crippen molar-refractivity contribution in [1.82, 2.24) is 10.0 Å². The lowest BCUT2D eigenvalue weighted by Crippen LogP contribution is -2.43. The van der Waals surface area contributed by atoms with Crippen LogP contribution in [0.25, 0.3) is 0 Å². The third-order valence-electron chi connectivity index (χ3n) is 4.65. The Balaban J connectivity index is 1.66. The lowest BCUT2D eigenvalue weighted by Gasteiger charge is -2.35. The topological polar surface area (TPSA) is 52.9 Å². The van der Waals surface area contributed by atoms with Crippen LogP contribution in [0.3, 0.4) is 0 Å². The average Bonchev–Trinajstić information content (AvgIpc) is 2.84. The van der Waals surface area contributed by atoms with Crippen molar-refractivity contribution in [1.29, 1.82) is 0 Å². The molecule has 7 heteroatoms. The van der Waals surface area contributed by atoms with Gasteiger partial charge >= 0.3 is 0 Å². The van der Waals surface area contributed by atoms with E-state index in [1.807, 2.05) is 11.0 Å². The highest BCUT2D eigenvalue weighted by molar-refractivity contribution is 7.80. The fraction of sp³-hybridized carbons (Fsp3) is 0.235. The molecule has 4 rings (SSSR count). The fourth-order valence-electron chi connectivity index (χ4n) is 3.37. The van der Waals surface area contributed by atoms with Crippen molar-refractivity contribution < 1.29 is 4.92 Å². The molecule has 24 heavy (non-hydrogen) atoms. The number of hydrogen-bond acceptors (Lipinski definition) is 4. The molecule has 0 amide bonds. The van der Waals surface area contributed by atoms with Crippen LogP contribution in [-0.4, -0.2) is 26.2 Å². The third kappa shape index (κ3) is 2.24. The summed E-state index contributed by atoms with van der Waals surface area (Å²) in [4.78, 5) is 12.5. The fourth-order valence-corrected chi connectivity index (χ4v) is 3.80. The Labute approximate surface area is 145 Å². The SMILES string of the molecule is CC1N(c2ccc([N+](=O)[O-])cc2)C(=S)N2Cc3ccccc3CN12. The maximum atomic E-state index is 10.8. The van der Waals surface area contributed by atoms with Crippen molar-refractivity contribution in [3.05, 3.63) is 69.8 Å². The van der Waals surface area contributed by atoms with E-state index in [0.717, 1.165) is 23.9 Å². The molecule has 0 aliphatic carbocycles. The summed E-state index contributed by atoms with van der Waals surface area (Å²) in [5, 5.41) is 15.9. The molecule has 2 aromatic rings. The second-order valence-corrected chi connectivity index (χ2v) is 6.35. The molecular weight excluding hydrogens is 324 g/mol. The Kier molecular flexibility index (Phi) is 3.47. The first-order valence-electron chi connectivity index (χ1n) is 7.75. The number of rotatable bonds is 2. The van der Waals surface area contributed by atoms with E-state index in [9.17, 15) is 10.1 Å². The third-order valence-corrected chi connectivity index (χ3v) is 5.06. The summed E-state index contributed by atoms with van der Waals surface area (Å²) < 4.78 is 0. The predicted octanol–water partition coefficient (Wildman–Crippen LogP) is 3.28. The number of nitrogens with zero attached hydrogens (tertiary/aromatic N) is 4. The minimum absolute atomic E-state index is 0.0623. The van der Waals surface area contributed by atoms with Crippen LogP contribution >= 0.6 is 12.2 Å². The maximum Gasteiger partial charge on any atom is 0.269 e. The van der Waals surface area contributed by atoms with Crippen molar-refractivity contribution in [3.63, 3.8) is 0 Å². The molecule has 0 bridgehead atoms. The van der Waals surface area contributed by atoms with Gasteiger partial charge in [0.2, 0.25) is 0 Å². The van der Waals surface area contributed by atoms with Gasteiger partial charge in [-0.05, 0) is 42.4 Å². The first kappa shape index (κ1) is 15.0. The average molecular weight is 340 g/mol. The van der Waals surface area contributed by atoms with Crippen LogP contribution in [0.4, 0.5) is 11.4 Å². The maximum absolute atomic E-state index is 10.8. The summed E-state index contributed by atoms with van der Waals surface area (Å²) in [6.45, 7) is 3.66. The zero-order chi connectivity index (χ0) is 16.8.